The van der Waals surface area contributed by atoms with Crippen molar-refractivity contribution in [3.8, 4) is 0 Å². The highest BCUT2D eigenvalue weighted by Crippen LogP contribution is 2.32. The fraction of sp³-hybridized carbons (Fsp3) is 0.800. The van der Waals surface area contributed by atoms with Gasteiger partial charge in [-0.3, -0.25) is 24.4 Å². The lowest BCUT2D eigenvalue weighted by Crippen LogP contribution is -2.61. The fourth-order valence-electron chi connectivity index (χ4n) is 4.79. The Morgan fingerprint density at radius 2 is 1.86 bits per heavy atom. The van der Waals surface area contributed by atoms with Crippen molar-refractivity contribution in [2.24, 2.45) is 5.92 Å². The van der Waals surface area contributed by atoms with Crippen LogP contribution in [-0.2, 0) is 24.0 Å². The molecule has 0 bridgehead atoms. The van der Waals surface area contributed by atoms with E-state index in [1.807, 2.05) is 6.92 Å². The molecule has 4 atom stereocenters. The van der Waals surface area contributed by atoms with Gasteiger partial charge in [-0.25, -0.2) is 5.48 Å². The van der Waals surface area contributed by atoms with Gasteiger partial charge in [-0.1, -0.05) is 39.5 Å². The molecule has 206 valence electrons. The van der Waals surface area contributed by atoms with Crippen molar-refractivity contribution in [2.45, 2.75) is 103 Å². The van der Waals surface area contributed by atoms with Crippen LogP contribution in [0, 0.1) is 5.92 Å². The molecule has 0 radical (unpaired) electrons. The van der Waals surface area contributed by atoms with Gasteiger partial charge in [-0.05, 0) is 52.0 Å². The topological polar surface area (TPSA) is 157 Å². The van der Waals surface area contributed by atoms with Crippen LogP contribution in [0.3, 0.4) is 0 Å². The standard InChI is InChI=1S/C25H45N5O6/c1-5-14-30(16-22(33)28-20(17-31)11-7-6-8-12-21(32)29-36)23(34)19(3)27-24(35)25(26-4)13-9-10-18(2)15-25/h17-20,26,36H,5-16H2,1-4H3,(H,27,35)(H,28,33)(H,29,32). The molecule has 11 heteroatoms. The molecule has 0 heterocycles. The number of amides is 4. The summed E-state index contributed by atoms with van der Waals surface area (Å²) in [4.78, 5) is 62.7. The van der Waals surface area contributed by atoms with Crippen molar-refractivity contribution >= 4 is 29.9 Å². The number of hydrogen-bond donors (Lipinski definition) is 5. The predicted molar refractivity (Wildman–Crippen MR) is 135 cm³/mol. The van der Waals surface area contributed by atoms with E-state index < -0.39 is 29.4 Å². The number of hydrogen-bond acceptors (Lipinski definition) is 7. The number of nitrogens with one attached hydrogen (secondary N) is 4. The Labute approximate surface area is 214 Å². The van der Waals surface area contributed by atoms with E-state index in [1.54, 1.807) is 19.5 Å². The normalized spacial score (nSPS) is 21.1. The molecule has 0 saturated heterocycles. The third-order valence-corrected chi connectivity index (χ3v) is 6.82. The van der Waals surface area contributed by atoms with Gasteiger partial charge in [0.15, 0.2) is 0 Å². The van der Waals surface area contributed by atoms with Crippen LogP contribution in [0.5, 0.6) is 0 Å². The molecule has 0 spiro atoms. The summed E-state index contributed by atoms with van der Waals surface area (Å²) in [6.07, 6.45) is 7.17. The Bertz CT molecular complexity index is 748. The van der Waals surface area contributed by atoms with Crippen LogP contribution < -0.4 is 21.4 Å². The van der Waals surface area contributed by atoms with Gasteiger partial charge >= 0.3 is 0 Å². The largest absolute Gasteiger partial charge is 0.345 e. The molecule has 0 aliphatic heterocycles. The van der Waals surface area contributed by atoms with E-state index in [4.69, 9.17) is 5.21 Å². The van der Waals surface area contributed by atoms with Crippen molar-refractivity contribution in [1.29, 1.82) is 0 Å². The maximum atomic E-state index is 13.1. The molecule has 1 aliphatic carbocycles. The molecule has 1 aliphatic rings. The maximum Gasteiger partial charge on any atom is 0.245 e. The van der Waals surface area contributed by atoms with E-state index in [0.29, 0.717) is 63.7 Å². The fourth-order valence-corrected chi connectivity index (χ4v) is 4.79. The van der Waals surface area contributed by atoms with Crippen molar-refractivity contribution < 1.29 is 29.2 Å². The van der Waals surface area contributed by atoms with Gasteiger partial charge in [-0.15, -0.1) is 0 Å². The highest BCUT2D eigenvalue weighted by atomic mass is 16.5. The molecule has 0 aromatic carbocycles. The molecular weight excluding hydrogens is 466 g/mol. The molecular formula is C25H45N5O6. The molecule has 1 rings (SSSR count). The van der Waals surface area contributed by atoms with Crippen LogP contribution in [-0.4, -0.2) is 77.8 Å². The highest BCUT2D eigenvalue weighted by Gasteiger charge is 2.41. The predicted octanol–water partition coefficient (Wildman–Crippen LogP) is 1.04. The quantitative estimate of drug-likeness (QED) is 0.0896. The average Bonchev–Trinajstić information content (AvgIpc) is 2.86. The van der Waals surface area contributed by atoms with Gasteiger partial charge in [-0.2, -0.15) is 0 Å². The zero-order valence-corrected chi connectivity index (χ0v) is 22.2. The van der Waals surface area contributed by atoms with Crippen molar-refractivity contribution in [3.05, 3.63) is 0 Å². The zero-order chi connectivity index (χ0) is 27.1. The lowest BCUT2D eigenvalue weighted by atomic mass is 9.75. The minimum absolute atomic E-state index is 0.186. The van der Waals surface area contributed by atoms with Crippen molar-refractivity contribution in [3.63, 3.8) is 0 Å². The highest BCUT2D eigenvalue weighted by molar-refractivity contribution is 5.93. The number of aldehydes is 1. The van der Waals surface area contributed by atoms with E-state index in [-0.39, 0.29) is 24.8 Å². The Morgan fingerprint density at radius 1 is 1.14 bits per heavy atom. The van der Waals surface area contributed by atoms with Gasteiger partial charge in [0.1, 0.15) is 12.3 Å². The summed E-state index contributed by atoms with van der Waals surface area (Å²) < 4.78 is 0. The number of rotatable bonds is 16. The van der Waals surface area contributed by atoms with E-state index in [9.17, 15) is 24.0 Å². The first-order valence-electron chi connectivity index (χ1n) is 13.1. The molecule has 5 N–H and O–H groups in total. The van der Waals surface area contributed by atoms with Crippen LogP contribution in [0.15, 0.2) is 0 Å². The number of unbranched alkanes of at least 4 members (excludes halogenated alkanes) is 2. The summed E-state index contributed by atoms with van der Waals surface area (Å²) in [6.45, 7) is 5.78. The van der Waals surface area contributed by atoms with E-state index >= 15 is 0 Å². The summed E-state index contributed by atoms with van der Waals surface area (Å²) in [5.41, 5.74) is 0.874. The smallest absolute Gasteiger partial charge is 0.245 e. The Kier molecular flexibility index (Phi) is 14.2. The third-order valence-electron chi connectivity index (χ3n) is 6.82. The minimum Gasteiger partial charge on any atom is -0.345 e. The maximum absolute atomic E-state index is 13.1. The first kappa shape index (κ1) is 31.5. The van der Waals surface area contributed by atoms with Gasteiger partial charge in [0, 0.05) is 13.0 Å². The van der Waals surface area contributed by atoms with Crippen LogP contribution >= 0.6 is 0 Å². The second-order valence-electron chi connectivity index (χ2n) is 9.93. The van der Waals surface area contributed by atoms with Gasteiger partial charge in [0.2, 0.25) is 23.6 Å². The van der Waals surface area contributed by atoms with Gasteiger partial charge in [0.25, 0.3) is 0 Å². The van der Waals surface area contributed by atoms with E-state index in [2.05, 4.69) is 22.9 Å². The van der Waals surface area contributed by atoms with Gasteiger partial charge < -0.3 is 25.6 Å². The molecule has 0 aromatic rings. The summed E-state index contributed by atoms with van der Waals surface area (Å²) in [5.74, 6) is -1.04. The van der Waals surface area contributed by atoms with Gasteiger partial charge in [0.05, 0.1) is 18.1 Å². The third kappa shape index (κ3) is 10.2. The first-order valence-corrected chi connectivity index (χ1v) is 13.1. The lowest BCUT2D eigenvalue weighted by Gasteiger charge is -2.39. The Balaban J connectivity index is 2.62. The monoisotopic (exact) mass is 511 g/mol. The average molecular weight is 512 g/mol. The van der Waals surface area contributed by atoms with Crippen molar-refractivity contribution in [2.75, 3.05) is 20.1 Å². The minimum atomic E-state index is -0.794. The number of carbonyl (C=O) groups is 5. The Morgan fingerprint density at radius 3 is 2.44 bits per heavy atom. The molecule has 1 fully saturated rings. The number of likely N-dealkylation sites (N-methyl/N-ethyl adjacent to an activating group) is 1. The SMILES string of the molecule is CCCN(CC(=O)NC(C=O)CCCCCC(=O)NO)C(=O)C(C)NC(=O)C1(NC)CCCC(C)C1. The Hall–Kier alpha value is -2.53. The lowest BCUT2D eigenvalue weighted by molar-refractivity contribution is -0.140. The second-order valence-corrected chi connectivity index (χ2v) is 9.93. The van der Waals surface area contributed by atoms with E-state index in [0.717, 1.165) is 12.8 Å². The summed E-state index contributed by atoms with van der Waals surface area (Å²) in [5, 5.41) is 17.2. The number of nitrogens with zero attached hydrogens (tertiary/aromatic N) is 1. The summed E-state index contributed by atoms with van der Waals surface area (Å²) in [7, 11) is 1.77. The van der Waals surface area contributed by atoms with Crippen LogP contribution in [0.25, 0.3) is 0 Å². The second kappa shape index (κ2) is 16.3. The van der Waals surface area contributed by atoms with Crippen molar-refractivity contribution in [1.82, 2.24) is 26.3 Å². The zero-order valence-electron chi connectivity index (χ0n) is 22.2. The summed E-state index contributed by atoms with van der Waals surface area (Å²) in [6, 6.07) is -1.49. The molecule has 11 nitrogen and oxygen atoms in total. The molecule has 0 aromatic heterocycles. The van der Waals surface area contributed by atoms with E-state index in [1.165, 1.54) is 4.90 Å². The molecule has 1 saturated carbocycles. The summed E-state index contributed by atoms with van der Waals surface area (Å²) >= 11 is 0. The molecule has 4 unspecified atom stereocenters. The number of hydroxylamine groups is 1. The van der Waals surface area contributed by atoms with Crippen LogP contribution in [0.4, 0.5) is 0 Å². The van der Waals surface area contributed by atoms with Crippen LogP contribution in [0.1, 0.15) is 85.0 Å². The van der Waals surface area contributed by atoms with Crippen LogP contribution in [0.2, 0.25) is 0 Å². The number of carbonyl (C=O) groups excluding carboxylic acids is 5. The first-order chi connectivity index (χ1) is 17.1. The molecule has 36 heavy (non-hydrogen) atoms. The molecule has 4 amide bonds.